The number of aryl methyl sites for hydroxylation is 1. The van der Waals surface area contributed by atoms with Gasteiger partial charge in [-0.3, -0.25) is 29.1 Å². The van der Waals surface area contributed by atoms with Gasteiger partial charge in [0.15, 0.2) is 5.69 Å². The van der Waals surface area contributed by atoms with Crippen molar-refractivity contribution in [1.29, 1.82) is 0 Å². The largest absolute Gasteiger partial charge is 0.467 e. The van der Waals surface area contributed by atoms with Crippen molar-refractivity contribution in [2.75, 3.05) is 5.32 Å². The maximum atomic E-state index is 12.4. The molecule has 0 radical (unpaired) electrons. The molecule has 146 valence electrons. The van der Waals surface area contributed by atoms with Crippen LogP contribution in [0.15, 0.2) is 41.4 Å². The van der Waals surface area contributed by atoms with Gasteiger partial charge in [-0.05, 0) is 19.1 Å². The molecule has 0 aromatic carbocycles. The van der Waals surface area contributed by atoms with Crippen molar-refractivity contribution in [1.82, 2.24) is 24.9 Å². The second kappa shape index (κ2) is 8.16. The Hall–Kier alpha value is -3.96. The standard InChI is InChI=1S/C16H17N7O5/c1-2-21-9-13(15(20-21)16(25)17-7-12-4-3-5-28-12)19-14(24)10-22-8-11(6-18-22)23(26)27/h3-6,8-9H,2,7,10H2,1H3,(H,17,25)(H,19,24). The van der Waals surface area contributed by atoms with Crippen LogP contribution in [-0.2, 0) is 24.4 Å². The summed E-state index contributed by atoms with van der Waals surface area (Å²) in [7, 11) is 0. The molecule has 0 saturated carbocycles. The molecule has 2 N–H and O–H groups in total. The van der Waals surface area contributed by atoms with Crippen molar-refractivity contribution >= 4 is 23.2 Å². The quantitative estimate of drug-likeness (QED) is 0.435. The number of nitrogens with one attached hydrogen (secondary N) is 2. The molecular weight excluding hydrogens is 370 g/mol. The first-order valence-electron chi connectivity index (χ1n) is 8.31. The molecule has 0 spiro atoms. The van der Waals surface area contributed by atoms with Crippen LogP contribution in [0.3, 0.4) is 0 Å². The molecule has 0 aliphatic carbocycles. The first-order chi connectivity index (χ1) is 13.5. The molecule has 12 heteroatoms. The third kappa shape index (κ3) is 4.41. The molecule has 0 aliphatic heterocycles. The first kappa shape index (κ1) is 18.8. The minimum Gasteiger partial charge on any atom is -0.467 e. The van der Waals surface area contributed by atoms with Crippen LogP contribution in [-0.4, -0.2) is 36.3 Å². The number of rotatable bonds is 8. The highest BCUT2D eigenvalue weighted by molar-refractivity contribution is 6.02. The summed E-state index contributed by atoms with van der Waals surface area (Å²) >= 11 is 0. The van der Waals surface area contributed by atoms with E-state index in [2.05, 4.69) is 20.8 Å². The van der Waals surface area contributed by atoms with Gasteiger partial charge in [0.2, 0.25) is 5.91 Å². The highest BCUT2D eigenvalue weighted by Crippen LogP contribution is 2.15. The van der Waals surface area contributed by atoms with E-state index in [0.29, 0.717) is 12.3 Å². The van der Waals surface area contributed by atoms with E-state index in [9.17, 15) is 19.7 Å². The highest BCUT2D eigenvalue weighted by atomic mass is 16.6. The van der Waals surface area contributed by atoms with Crippen LogP contribution in [0.5, 0.6) is 0 Å². The lowest BCUT2D eigenvalue weighted by Crippen LogP contribution is -2.25. The first-order valence-corrected chi connectivity index (χ1v) is 8.31. The summed E-state index contributed by atoms with van der Waals surface area (Å²) in [6, 6.07) is 3.43. The number of carbonyl (C=O) groups is 2. The van der Waals surface area contributed by atoms with Crippen LogP contribution < -0.4 is 10.6 Å². The zero-order valence-electron chi connectivity index (χ0n) is 14.9. The molecule has 3 aromatic heterocycles. The zero-order valence-corrected chi connectivity index (χ0v) is 14.9. The summed E-state index contributed by atoms with van der Waals surface area (Å²) < 4.78 is 7.80. The molecule has 3 rings (SSSR count). The predicted molar refractivity (Wildman–Crippen MR) is 95.3 cm³/mol. The molecule has 2 amide bonds. The molecule has 0 atom stereocenters. The van der Waals surface area contributed by atoms with E-state index >= 15 is 0 Å². The van der Waals surface area contributed by atoms with E-state index < -0.39 is 16.7 Å². The Kier molecular flexibility index (Phi) is 5.48. The van der Waals surface area contributed by atoms with Crippen LogP contribution in [0.25, 0.3) is 0 Å². The smallest absolute Gasteiger partial charge is 0.307 e. The molecule has 0 bridgehead atoms. The van der Waals surface area contributed by atoms with Crippen molar-refractivity contribution < 1.29 is 18.9 Å². The van der Waals surface area contributed by atoms with Crippen molar-refractivity contribution in [2.45, 2.75) is 26.6 Å². The number of hydrogen-bond acceptors (Lipinski definition) is 7. The SMILES string of the molecule is CCn1cc(NC(=O)Cn2cc([N+](=O)[O-])cn2)c(C(=O)NCc2ccco2)n1. The lowest BCUT2D eigenvalue weighted by Gasteiger charge is -2.06. The van der Waals surface area contributed by atoms with Gasteiger partial charge in [-0.25, -0.2) is 0 Å². The molecule has 0 fully saturated rings. The zero-order chi connectivity index (χ0) is 20.1. The summed E-state index contributed by atoms with van der Waals surface area (Å²) in [5.74, 6) is -0.406. The fourth-order valence-electron chi connectivity index (χ4n) is 2.38. The number of anilines is 1. The molecule has 0 aliphatic rings. The number of aromatic nitrogens is 4. The van der Waals surface area contributed by atoms with Crippen molar-refractivity contribution in [3.8, 4) is 0 Å². The average Bonchev–Trinajstić information content (AvgIpc) is 3.40. The normalized spacial score (nSPS) is 10.6. The molecule has 28 heavy (non-hydrogen) atoms. The number of carbonyl (C=O) groups excluding carboxylic acids is 2. The lowest BCUT2D eigenvalue weighted by molar-refractivity contribution is -0.385. The van der Waals surface area contributed by atoms with E-state index in [-0.39, 0.29) is 30.2 Å². The van der Waals surface area contributed by atoms with Gasteiger partial charge in [0.1, 0.15) is 24.7 Å². The van der Waals surface area contributed by atoms with E-state index in [1.165, 1.54) is 17.1 Å². The van der Waals surface area contributed by atoms with Crippen LogP contribution in [0, 0.1) is 10.1 Å². The molecule has 0 saturated heterocycles. The van der Waals surface area contributed by atoms with Crippen molar-refractivity contribution in [3.63, 3.8) is 0 Å². The summed E-state index contributed by atoms with van der Waals surface area (Å²) in [5, 5.41) is 23.9. The van der Waals surface area contributed by atoms with E-state index in [4.69, 9.17) is 4.42 Å². The summed E-state index contributed by atoms with van der Waals surface area (Å²) in [6.07, 6.45) is 5.23. The lowest BCUT2D eigenvalue weighted by atomic mass is 10.3. The Morgan fingerprint density at radius 2 is 2.14 bits per heavy atom. The Morgan fingerprint density at radius 3 is 2.79 bits per heavy atom. The van der Waals surface area contributed by atoms with Crippen LogP contribution in [0.1, 0.15) is 23.2 Å². The van der Waals surface area contributed by atoms with Gasteiger partial charge in [0.25, 0.3) is 5.91 Å². The van der Waals surface area contributed by atoms with Gasteiger partial charge in [-0.2, -0.15) is 10.2 Å². The van der Waals surface area contributed by atoms with E-state index in [0.717, 1.165) is 17.1 Å². The number of nitrogens with zero attached hydrogens (tertiary/aromatic N) is 5. The molecule has 3 heterocycles. The molecular formula is C16H17N7O5. The van der Waals surface area contributed by atoms with Crippen molar-refractivity contribution in [2.24, 2.45) is 0 Å². The molecule has 12 nitrogen and oxygen atoms in total. The summed E-state index contributed by atoms with van der Waals surface area (Å²) in [5.41, 5.74) is 0.0586. The van der Waals surface area contributed by atoms with Crippen LogP contribution >= 0.6 is 0 Å². The Labute approximate surface area is 158 Å². The molecule has 0 unspecified atom stereocenters. The van der Waals surface area contributed by atoms with Gasteiger partial charge >= 0.3 is 5.69 Å². The fraction of sp³-hybridized carbons (Fsp3) is 0.250. The van der Waals surface area contributed by atoms with Gasteiger partial charge in [-0.1, -0.05) is 0 Å². The fourth-order valence-corrected chi connectivity index (χ4v) is 2.38. The van der Waals surface area contributed by atoms with Crippen LogP contribution in [0.4, 0.5) is 11.4 Å². The maximum Gasteiger partial charge on any atom is 0.307 e. The monoisotopic (exact) mass is 387 g/mol. The topological polar surface area (TPSA) is 150 Å². The average molecular weight is 387 g/mol. The Balaban J connectivity index is 1.68. The van der Waals surface area contributed by atoms with Gasteiger partial charge in [0.05, 0.1) is 23.4 Å². The summed E-state index contributed by atoms with van der Waals surface area (Å²) in [6.45, 7) is 2.26. The minimum absolute atomic E-state index is 0.0493. The third-order valence-electron chi connectivity index (χ3n) is 3.71. The number of hydrogen-bond donors (Lipinski definition) is 2. The maximum absolute atomic E-state index is 12.4. The summed E-state index contributed by atoms with van der Waals surface area (Å²) in [4.78, 5) is 34.8. The second-order valence-corrected chi connectivity index (χ2v) is 5.71. The number of nitro groups is 1. The van der Waals surface area contributed by atoms with Gasteiger partial charge in [-0.15, -0.1) is 0 Å². The van der Waals surface area contributed by atoms with Gasteiger partial charge < -0.3 is 15.1 Å². The Morgan fingerprint density at radius 1 is 1.32 bits per heavy atom. The minimum atomic E-state index is -0.603. The molecule has 3 aromatic rings. The highest BCUT2D eigenvalue weighted by Gasteiger charge is 2.19. The van der Waals surface area contributed by atoms with Crippen molar-refractivity contribution in [3.05, 3.63) is 58.6 Å². The number of amides is 2. The second-order valence-electron chi connectivity index (χ2n) is 5.71. The van der Waals surface area contributed by atoms with E-state index in [1.807, 2.05) is 6.92 Å². The van der Waals surface area contributed by atoms with Crippen LogP contribution in [0.2, 0.25) is 0 Å². The number of furan rings is 1. The third-order valence-corrected chi connectivity index (χ3v) is 3.71. The predicted octanol–water partition coefficient (Wildman–Crippen LogP) is 1.17. The van der Waals surface area contributed by atoms with E-state index in [1.54, 1.807) is 12.1 Å². The Bertz CT molecular complexity index is 989. The van der Waals surface area contributed by atoms with Gasteiger partial charge in [0, 0.05) is 12.7 Å².